The van der Waals surface area contributed by atoms with Gasteiger partial charge in [-0.15, -0.1) is 11.8 Å². The Kier molecular flexibility index (Phi) is 8.34. The zero-order valence-corrected chi connectivity index (χ0v) is 17.8. The van der Waals surface area contributed by atoms with E-state index in [9.17, 15) is 13.2 Å². The van der Waals surface area contributed by atoms with E-state index in [-0.39, 0.29) is 5.95 Å². The molecule has 0 unspecified atom stereocenters. The molecule has 0 fully saturated rings. The van der Waals surface area contributed by atoms with Crippen LogP contribution in [0.2, 0.25) is 5.15 Å². The second-order valence-electron chi connectivity index (χ2n) is 5.77. The Bertz CT molecular complexity index is 934. The maximum absolute atomic E-state index is 12.7. The number of hydrogen-bond acceptors (Lipinski definition) is 4. The van der Waals surface area contributed by atoms with Gasteiger partial charge in [-0.1, -0.05) is 55.8 Å². The minimum Gasteiger partial charge on any atom is -0.324 e. The molecule has 0 aliphatic rings. The van der Waals surface area contributed by atoms with Gasteiger partial charge in [0.1, 0.15) is 10.7 Å². The number of anilines is 2. The molecule has 2 aromatic carbocycles. The molecule has 0 saturated carbocycles. The van der Waals surface area contributed by atoms with E-state index >= 15 is 0 Å². The summed E-state index contributed by atoms with van der Waals surface area (Å²) in [6, 6.07) is 15.9. The van der Waals surface area contributed by atoms with Crippen LogP contribution in [-0.4, -0.2) is 9.97 Å². The van der Waals surface area contributed by atoms with E-state index < -0.39 is 16.9 Å². The van der Waals surface area contributed by atoms with Crippen molar-refractivity contribution in [1.29, 1.82) is 0 Å². The van der Waals surface area contributed by atoms with Crippen molar-refractivity contribution in [3.05, 3.63) is 76.6 Å². The van der Waals surface area contributed by atoms with Crippen LogP contribution in [0.4, 0.5) is 24.8 Å². The van der Waals surface area contributed by atoms with E-state index in [2.05, 4.69) is 27.4 Å². The average molecular weight is 440 g/mol. The Morgan fingerprint density at radius 3 is 2.34 bits per heavy atom. The molecule has 154 valence electrons. The van der Waals surface area contributed by atoms with E-state index in [1.807, 2.05) is 57.2 Å². The molecule has 3 nitrogen and oxygen atoms in total. The van der Waals surface area contributed by atoms with Crippen LogP contribution in [0.1, 0.15) is 30.5 Å². The van der Waals surface area contributed by atoms with Crippen LogP contribution in [0.25, 0.3) is 0 Å². The maximum atomic E-state index is 12.7. The summed E-state index contributed by atoms with van der Waals surface area (Å²) in [6.07, 6.45) is -3.90. The third-order valence-corrected chi connectivity index (χ3v) is 5.09. The first kappa shape index (κ1) is 23.0. The van der Waals surface area contributed by atoms with Crippen molar-refractivity contribution in [2.45, 2.75) is 37.6 Å². The van der Waals surface area contributed by atoms with E-state index in [1.54, 1.807) is 11.8 Å². The molecule has 3 rings (SSSR count). The Labute approximate surface area is 177 Å². The van der Waals surface area contributed by atoms with Gasteiger partial charge in [-0.25, -0.2) is 9.97 Å². The first-order valence-electron chi connectivity index (χ1n) is 8.97. The fraction of sp³-hybridized carbons (Fsp3) is 0.238. The molecule has 1 heterocycles. The molecule has 29 heavy (non-hydrogen) atoms. The smallest absolute Gasteiger partial charge is 0.324 e. The normalized spacial score (nSPS) is 10.9. The number of rotatable bonds is 5. The summed E-state index contributed by atoms with van der Waals surface area (Å²) in [4.78, 5) is 8.49. The fourth-order valence-corrected chi connectivity index (χ4v) is 3.53. The monoisotopic (exact) mass is 439 g/mol. The lowest BCUT2D eigenvalue weighted by molar-refractivity contribution is -0.137. The maximum Gasteiger partial charge on any atom is 0.420 e. The van der Waals surface area contributed by atoms with Gasteiger partial charge in [0.2, 0.25) is 5.95 Å². The van der Waals surface area contributed by atoms with Crippen LogP contribution in [-0.2, 0) is 11.9 Å². The number of aromatic nitrogens is 2. The second-order valence-corrected chi connectivity index (χ2v) is 7.18. The lowest BCUT2D eigenvalue weighted by Gasteiger charge is -2.12. The highest BCUT2D eigenvalue weighted by molar-refractivity contribution is 7.98. The molecule has 0 radical (unpaired) electrons. The van der Waals surface area contributed by atoms with E-state index in [0.717, 1.165) is 16.2 Å². The molecule has 0 aliphatic heterocycles. The Morgan fingerprint density at radius 1 is 1.07 bits per heavy atom. The molecule has 0 spiro atoms. The molecular weight excluding hydrogens is 419 g/mol. The third kappa shape index (κ3) is 6.65. The predicted molar refractivity (Wildman–Crippen MR) is 114 cm³/mol. The number of alkyl halides is 3. The number of thioether (sulfide) groups is 1. The van der Waals surface area contributed by atoms with E-state index in [0.29, 0.717) is 11.9 Å². The third-order valence-electron chi connectivity index (χ3n) is 3.74. The van der Waals surface area contributed by atoms with Gasteiger partial charge in [-0.05, 0) is 36.2 Å². The molecular formula is C21H21ClF3N3S. The van der Waals surface area contributed by atoms with Crippen LogP contribution in [0.15, 0.2) is 59.6 Å². The molecule has 8 heteroatoms. The Hall–Kier alpha value is -2.25. The van der Waals surface area contributed by atoms with Gasteiger partial charge in [0, 0.05) is 22.5 Å². The van der Waals surface area contributed by atoms with E-state index in [1.165, 1.54) is 5.56 Å². The fourth-order valence-electron chi connectivity index (χ4n) is 2.34. The second kappa shape index (κ2) is 10.5. The van der Waals surface area contributed by atoms with Crippen molar-refractivity contribution in [2.24, 2.45) is 0 Å². The van der Waals surface area contributed by atoms with Gasteiger partial charge in [0.05, 0.1) is 0 Å². The number of hydrogen-bond donors (Lipinski definition) is 1. The molecule has 1 N–H and O–H groups in total. The van der Waals surface area contributed by atoms with Crippen molar-refractivity contribution < 1.29 is 13.2 Å². The number of nitrogens with one attached hydrogen (secondary N) is 1. The van der Waals surface area contributed by atoms with Crippen molar-refractivity contribution in [2.75, 3.05) is 5.32 Å². The lowest BCUT2D eigenvalue weighted by Crippen LogP contribution is -2.09. The standard InChI is InChI=1S/C19H15ClF3N3S.C2H6/c1-12-9-14(27-11-13-5-3-2-4-6-13)7-8-16(12)25-18-24-10-15(17(20)26-18)19(21,22)23;1-2/h2-10H,11H2,1H3,(H,24,25,26);1-2H3. The summed E-state index contributed by atoms with van der Waals surface area (Å²) in [5.74, 6) is 0.866. The summed E-state index contributed by atoms with van der Waals surface area (Å²) in [5, 5.41) is 2.28. The highest BCUT2D eigenvalue weighted by atomic mass is 35.5. The average Bonchev–Trinajstić information content (AvgIpc) is 2.70. The summed E-state index contributed by atoms with van der Waals surface area (Å²) < 4.78 is 38.2. The summed E-state index contributed by atoms with van der Waals surface area (Å²) in [7, 11) is 0. The van der Waals surface area contributed by atoms with E-state index in [4.69, 9.17) is 11.6 Å². The van der Waals surface area contributed by atoms with Gasteiger partial charge in [-0.2, -0.15) is 13.2 Å². The largest absolute Gasteiger partial charge is 0.420 e. The van der Waals surface area contributed by atoms with Crippen LogP contribution < -0.4 is 5.32 Å². The Balaban J connectivity index is 0.00000145. The van der Waals surface area contributed by atoms with Crippen LogP contribution in [0, 0.1) is 6.92 Å². The van der Waals surface area contributed by atoms with Gasteiger partial charge in [0.25, 0.3) is 0 Å². The predicted octanol–water partition coefficient (Wildman–Crippen LogP) is 7.52. The number of aryl methyl sites for hydroxylation is 1. The SMILES string of the molecule is CC.Cc1cc(SCc2ccccc2)ccc1Nc1ncc(C(F)(F)F)c(Cl)n1. The molecule has 0 aliphatic carbocycles. The van der Waals surface area contributed by atoms with Gasteiger partial charge >= 0.3 is 6.18 Å². The first-order chi connectivity index (χ1) is 13.8. The molecule has 0 bridgehead atoms. The molecule has 0 atom stereocenters. The molecule has 0 amide bonds. The van der Waals surface area contributed by atoms with Crippen molar-refractivity contribution in [1.82, 2.24) is 9.97 Å². The Morgan fingerprint density at radius 2 is 1.76 bits per heavy atom. The van der Waals surface area contributed by atoms with Crippen molar-refractivity contribution in [3.8, 4) is 0 Å². The molecule has 0 saturated heterocycles. The lowest BCUT2D eigenvalue weighted by atomic mass is 10.2. The minimum absolute atomic E-state index is 0.0146. The quantitative estimate of drug-likeness (QED) is 0.329. The van der Waals surface area contributed by atoms with Gasteiger partial charge in [0.15, 0.2) is 0 Å². The van der Waals surface area contributed by atoms with Crippen LogP contribution in [0.5, 0.6) is 0 Å². The molecule has 1 aromatic heterocycles. The summed E-state index contributed by atoms with van der Waals surface area (Å²) in [6.45, 7) is 5.90. The van der Waals surface area contributed by atoms with Crippen LogP contribution in [0.3, 0.4) is 0 Å². The van der Waals surface area contributed by atoms with Gasteiger partial charge in [-0.3, -0.25) is 0 Å². The zero-order valence-electron chi connectivity index (χ0n) is 16.2. The van der Waals surface area contributed by atoms with Crippen molar-refractivity contribution in [3.63, 3.8) is 0 Å². The number of benzene rings is 2. The highest BCUT2D eigenvalue weighted by Crippen LogP contribution is 2.34. The van der Waals surface area contributed by atoms with Gasteiger partial charge < -0.3 is 5.32 Å². The summed E-state index contributed by atoms with van der Waals surface area (Å²) >= 11 is 7.33. The topological polar surface area (TPSA) is 37.8 Å². The highest BCUT2D eigenvalue weighted by Gasteiger charge is 2.34. The zero-order chi connectivity index (χ0) is 21.4. The number of halogens is 4. The molecule has 3 aromatic rings. The number of nitrogens with zero attached hydrogens (tertiary/aromatic N) is 2. The van der Waals surface area contributed by atoms with Crippen LogP contribution >= 0.6 is 23.4 Å². The minimum atomic E-state index is -4.58. The first-order valence-corrected chi connectivity index (χ1v) is 10.3. The summed E-state index contributed by atoms with van der Waals surface area (Å²) in [5.41, 5.74) is 1.80. The van der Waals surface area contributed by atoms with Crippen molar-refractivity contribution >= 4 is 35.0 Å².